The molecule has 3 aromatic rings. The van der Waals surface area contributed by atoms with Crippen LogP contribution in [0.3, 0.4) is 0 Å². The molecule has 0 aliphatic heterocycles. The minimum atomic E-state index is -0.691. The molecule has 0 spiro atoms. The second-order valence-electron chi connectivity index (χ2n) is 7.57. The van der Waals surface area contributed by atoms with Crippen LogP contribution in [0.5, 0.6) is 5.75 Å². The molecule has 0 unspecified atom stereocenters. The van der Waals surface area contributed by atoms with Gasteiger partial charge >= 0.3 is 11.4 Å². The first-order chi connectivity index (χ1) is 12.7. The van der Waals surface area contributed by atoms with Gasteiger partial charge in [0.25, 0.3) is 0 Å². The summed E-state index contributed by atoms with van der Waals surface area (Å²) in [5, 5.41) is 0.371. The maximum atomic E-state index is 12.2. The van der Waals surface area contributed by atoms with Crippen LogP contribution in [0.25, 0.3) is 10.9 Å². The fraction of sp³-hybridized carbons (Fsp3) is 0.333. The number of fused-ring (bicyclic) bond motifs is 1. The van der Waals surface area contributed by atoms with Crippen molar-refractivity contribution in [3.63, 3.8) is 0 Å². The fourth-order valence-corrected chi connectivity index (χ4v) is 3.74. The van der Waals surface area contributed by atoms with Gasteiger partial charge in [0.2, 0.25) is 0 Å². The highest BCUT2D eigenvalue weighted by atomic mass is 79.9. The average Bonchev–Trinajstić information content (AvgIpc) is 2.57. The van der Waals surface area contributed by atoms with Crippen LogP contribution in [-0.4, -0.2) is 11.2 Å². The van der Waals surface area contributed by atoms with Gasteiger partial charge in [0, 0.05) is 4.47 Å². The average molecular weight is 432 g/mol. The lowest BCUT2D eigenvalue weighted by molar-refractivity contribution is 0.287. The molecule has 6 heteroatoms. The van der Waals surface area contributed by atoms with Crippen LogP contribution >= 0.6 is 15.9 Å². The third-order valence-electron chi connectivity index (χ3n) is 4.40. The molecule has 0 radical (unpaired) electrons. The van der Waals surface area contributed by atoms with Crippen molar-refractivity contribution in [1.82, 2.24) is 4.57 Å². The lowest BCUT2D eigenvalue weighted by Crippen LogP contribution is -2.27. The minimum Gasteiger partial charge on any atom is -0.492 e. The van der Waals surface area contributed by atoms with E-state index in [1.165, 1.54) is 10.1 Å². The Morgan fingerprint density at radius 1 is 1.11 bits per heavy atom. The summed E-state index contributed by atoms with van der Waals surface area (Å²) >= 11 is 3.45. The molecule has 142 valence electrons. The lowest BCUT2D eigenvalue weighted by atomic mass is 9.87. The molecule has 1 heterocycles. The first-order valence-electron chi connectivity index (χ1n) is 8.74. The largest absolute Gasteiger partial charge is 0.492 e. The first kappa shape index (κ1) is 19.4. The smallest absolute Gasteiger partial charge is 0.422 e. The Morgan fingerprint density at radius 2 is 1.78 bits per heavy atom. The molecule has 0 bridgehead atoms. The highest BCUT2D eigenvalue weighted by Gasteiger charge is 2.14. The van der Waals surface area contributed by atoms with Crippen molar-refractivity contribution in [2.75, 3.05) is 6.61 Å². The van der Waals surface area contributed by atoms with Crippen LogP contribution in [0, 0.1) is 6.92 Å². The second-order valence-corrected chi connectivity index (χ2v) is 8.43. The van der Waals surface area contributed by atoms with Crippen molar-refractivity contribution in [2.45, 2.75) is 39.7 Å². The van der Waals surface area contributed by atoms with Gasteiger partial charge in [0.05, 0.1) is 17.4 Å². The lowest BCUT2D eigenvalue weighted by Gasteiger charge is -2.19. The SMILES string of the molecule is Cc1cc(Br)c2c(c1)c(=O)oc(=O)n2CCOc1ccc(C(C)(C)C)cc1. The molecule has 0 N–H and O–H groups in total. The minimum absolute atomic E-state index is 0.0801. The van der Waals surface area contributed by atoms with Crippen molar-refractivity contribution in [3.05, 3.63) is 73.0 Å². The van der Waals surface area contributed by atoms with E-state index in [-0.39, 0.29) is 18.6 Å². The van der Waals surface area contributed by atoms with Crippen LogP contribution in [0.4, 0.5) is 0 Å². The summed E-state index contributed by atoms with van der Waals surface area (Å²) in [5.74, 6) is 0.0383. The molecule has 0 fully saturated rings. The molecular weight excluding hydrogens is 410 g/mol. The summed E-state index contributed by atoms with van der Waals surface area (Å²) in [6.07, 6.45) is 0. The van der Waals surface area contributed by atoms with E-state index in [1.54, 1.807) is 6.07 Å². The van der Waals surface area contributed by atoms with Gasteiger partial charge < -0.3 is 9.15 Å². The Balaban J connectivity index is 1.84. The van der Waals surface area contributed by atoms with Crippen LogP contribution in [0.2, 0.25) is 0 Å². The van der Waals surface area contributed by atoms with Gasteiger partial charge in [-0.1, -0.05) is 32.9 Å². The number of hydrogen-bond acceptors (Lipinski definition) is 4. The van der Waals surface area contributed by atoms with Crippen LogP contribution in [-0.2, 0) is 12.0 Å². The predicted octanol–water partition coefficient (Wildman–Crippen LogP) is 4.40. The molecule has 5 nitrogen and oxygen atoms in total. The van der Waals surface area contributed by atoms with E-state index < -0.39 is 11.4 Å². The van der Waals surface area contributed by atoms with Gasteiger partial charge in [0.1, 0.15) is 12.4 Å². The number of aryl methyl sites for hydroxylation is 1. The molecule has 0 aliphatic rings. The number of nitrogens with zero attached hydrogens (tertiary/aromatic N) is 1. The van der Waals surface area contributed by atoms with E-state index >= 15 is 0 Å². The van der Waals surface area contributed by atoms with E-state index in [0.29, 0.717) is 15.4 Å². The maximum absolute atomic E-state index is 12.2. The number of ether oxygens (including phenoxy) is 1. The normalized spacial score (nSPS) is 11.7. The molecule has 0 atom stereocenters. The first-order valence-corrected chi connectivity index (χ1v) is 9.53. The molecular formula is C21H22BrNO4. The molecule has 27 heavy (non-hydrogen) atoms. The second kappa shape index (κ2) is 7.35. The molecule has 2 aromatic carbocycles. The summed E-state index contributed by atoms with van der Waals surface area (Å²) in [6.45, 7) is 8.89. The van der Waals surface area contributed by atoms with Crippen LogP contribution < -0.4 is 16.1 Å². The molecule has 1 aromatic heterocycles. The summed E-state index contributed by atoms with van der Waals surface area (Å²) in [5.41, 5.74) is 2.10. The highest BCUT2D eigenvalue weighted by molar-refractivity contribution is 9.10. The monoisotopic (exact) mass is 431 g/mol. The zero-order chi connectivity index (χ0) is 19.8. The topological polar surface area (TPSA) is 61.4 Å². The van der Waals surface area contributed by atoms with Crippen molar-refractivity contribution in [1.29, 1.82) is 0 Å². The molecule has 0 aliphatic carbocycles. The van der Waals surface area contributed by atoms with Gasteiger partial charge in [0.15, 0.2) is 0 Å². The highest BCUT2D eigenvalue weighted by Crippen LogP contribution is 2.25. The van der Waals surface area contributed by atoms with Crippen LogP contribution in [0.15, 0.2) is 54.9 Å². The number of hydrogen-bond donors (Lipinski definition) is 0. The Kier molecular flexibility index (Phi) is 5.29. The van der Waals surface area contributed by atoms with Gasteiger partial charge in [-0.25, -0.2) is 9.59 Å². The predicted molar refractivity (Wildman–Crippen MR) is 110 cm³/mol. The van der Waals surface area contributed by atoms with E-state index in [4.69, 9.17) is 9.15 Å². The zero-order valence-corrected chi connectivity index (χ0v) is 17.4. The number of benzene rings is 2. The summed E-state index contributed by atoms with van der Waals surface area (Å²) in [4.78, 5) is 24.2. The van der Waals surface area contributed by atoms with Gasteiger partial charge in [-0.05, 0) is 63.7 Å². The van der Waals surface area contributed by atoms with E-state index in [9.17, 15) is 9.59 Å². The summed E-state index contributed by atoms with van der Waals surface area (Å²) in [6, 6.07) is 11.5. The quantitative estimate of drug-likeness (QED) is 0.613. The van der Waals surface area contributed by atoms with Crippen molar-refractivity contribution < 1.29 is 9.15 Å². The van der Waals surface area contributed by atoms with Crippen LogP contribution in [0.1, 0.15) is 31.9 Å². The molecule has 3 rings (SSSR count). The van der Waals surface area contributed by atoms with Crippen molar-refractivity contribution >= 4 is 26.8 Å². The van der Waals surface area contributed by atoms with Gasteiger partial charge in [-0.3, -0.25) is 4.57 Å². The third-order valence-corrected chi connectivity index (χ3v) is 5.01. The summed E-state index contributed by atoms with van der Waals surface area (Å²) < 4.78 is 12.7. The van der Waals surface area contributed by atoms with Crippen molar-refractivity contribution in [2.24, 2.45) is 0 Å². The van der Waals surface area contributed by atoms with Crippen molar-refractivity contribution in [3.8, 4) is 5.75 Å². The standard InChI is InChI=1S/C21H22BrNO4/c1-13-11-16-18(17(22)12-13)23(20(25)27-19(16)24)9-10-26-15-7-5-14(6-8-15)21(2,3)4/h5-8,11-12H,9-10H2,1-4H3. The fourth-order valence-electron chi connectivity index (χ4n) is 2.95. The summed E-state index contributed by atoms with van der Waals surface area (Å²) in [7, 11) is 0. The maximum Gasteiger partial charge on any atom is 0.422 e. The molecule has 0 saturated carbocycles. The molecule has 0 amide bonds. The Morgan fingerprint density at radius 3 is 2.41 bits per heavy atom. The van der Waals surface area contributed by atoms with E-state index in [2.05, 4.69) is 36.7 Å². The Hall–Kier alpha value is -2.34. The van der Waals surface area contributed by atoms with Gasteiger partial charge in [-0.2, -0.15) is 0 Å². The van der Waals surface area contributed by atoms with Gasteiger partial charge in [-0.15, -0.1) is 0 Å². The third kappa shape index (κ3) is 4.16. The number of rotatable bonds is 4. The number of halogens is 1. The molecule has 0 saturated heterocycles. The Bertz CT molecular complexity index is 1090. The van der Waals surface area contributed by atoms with E-state index in [0.717, 1.165) is 11.3 Å². The zero-order valence-electron chi connectivity index (χ0n) is 15.8. The van der Waals surface area contributed by atoms with E-state index in [1.807, 2.05) is 37.3 Å². The Labute approximate surface area is 165 Å². The number of aromatic nitrogens is 1.